The summed E-state index contributed by atoms with van der Waals surface area (Å²) in [5.74, 6) is 0. The Balaban J connectivity index is 2.21. The predicted octanol–water partition coefficient (Wildman–Crippen LogP) is -0.460. The molecule has 0 amide bonds. The van der Waals surface area contributed by atoms with Gasteiger partial charge in [-0.1, -0.05) is 6.92 Å². The molecular weight excluding hydrogens is 186 g/mol. The van der Waals surface area contributed by atoms with Crippen LogP contribution in [-0.2, 0) is 4.74 Å². The van der Waals surface area contributed by atoms with Gasteiger partial charge in [0.05, 0.1) is 12.7 Å². The Morgan fingerprint density at radius 1 is 1.77 bits per heavy atom. The minimum atomic E-state index is 0.218. The Labute approximate surface area is 84.4 Å². The first-order valence-electron chi connectivity index (χ1n) is 4.59. The number of nitrogens with one attached hydrogen (secondary N) is 1. The number of hydrogen-bond donors (Lipinski definition) is 2. The molecule has 5 heteroatoms. The van der Waals surface area contributed by atoms with Gasteiger partial charge in [-0.25, -0.2) is 0 Å². The predicted molar refractivity (Wildman–Crippen MR) is 56.6 cm³/mol. The number of hydrogen-bond acceptors (Lipinski definition) is 3. The van der Waals surface area contributed by atoms with Crippen LogP contribution in [0.4, 0.5) is 0 Å². The second-order valence-electron chi connectivity index (χ2n) is 3.13. The van der Waals surface area contributed by atoms with Crippen molar-refractivity contribution in [3.05, 3.63) is 0 Å². The van der Waals surface area contributed by atoms with E-state index in [0.29, 0.717) is 11.7 Å². The summed E-state index contributed by atoms with van der Waals surface area (Å²) >= 11 is 4.72. The molecule has 1 aliphatic rings. The Morgan fingerprint density at radius 2 is 2.54 bits per heavy atom. The maximum absolute atomic E-state index is 5.54. The lowest BCUT2D eigenvalue weighted by Crippen LogP contribution is -2.48. The van der Waals surface area contributed by atoms with E-state index < -0.39 is 0 Å². The van der Waals surface area contributed by atoms with Crippen molar-refractivity contribution in [2.45, 2.75) is 13.0 Å². The number of thiocarbonyl (C=S) groups is 1. The maximum Gasteiger partial charge on any atom is 0.163 e. The van der Waals surface area contributed by atoms with Crippen LogP contribution in [0.5, 0.6) is 0 Å². The first-order valence-corrected chi connectivity index (χ1v) is 5.00. The number of ether oxygens (including phenoxy) is 1. The first-order chi connectivity index (χ1) is 6.22. The third-order valence-electron chi connectivity index (χ3n) is 2.17. The molecule has 4 nitrogen and oxygen atoms in total. The zero-order chi connectivity index (χ0) is 9.68. The average Bonchev–Trinajstić information content (AvgIpc) is 2.15. The topological polar surface area (TPSA) is 50.5 Å². The van der Waals surface area contributed by atoms with Gasteiger partial charge in [0.1, 0.15) is 0 Å². The van der Waals surface area contributed by atoms with Gasteiger partial charge in [0.25, 0.3) is 0 Å². The minimum Gasteiger partial charge on any atom is -0.376 e. The molecule has 1 saturated heterocycles. The van der Waals surface area contributed by atoms with Crippen molar-refractivity contribution in [1.82, 2.24) is 10.2 Å². The van der Waals surface area contributed by atoms with Gasteiger partial charge >= 0.3 is 0 Å². The van der Waals surface area contributed by atoms with Crippen molar-refractivity contribution in [3.8, 4) is 0 Å². The van der Waals surface area contributed by atoms with Crippen molar-refractivity contribution >= 4 is 17.3 Å². The molecule has 0 radical (unpaired) electrons. The quantitative estimate of drug-likeness (QED) is 0.608. The lowest BCUT2D eigenvalue weighted by atomic mass is 10.2. The second-order valence-corrected chi connectivity index (χ2v) is 3.57. The van der Waals surface area contributed by atoms with Crippen LogP contribution >= 0.6 is 12.2 Å². The summed E-state index contributed by atoms with van der Waals surface area (Å²) in [5.41, 5.74) is 5.33. The zero-order valence-corrected chi connectivity index (χ0v) is 8.77. The molecular formula is C8H17N3OS. The van der Waals surface area contributed by atoms with Crippen LogP contribution < -0.4 is 11.1 Å². The van der Waals surface area contributed by atoms with Gasteiger partial charge in [0.15, 0.2) is 5.11 Å². The summed E-state index contributed by atoms with van der Waals surface area (Å²) in [4.78, 5) is 2.36. The summed E-state index contributed by atoms with van der Waals surface area (Å²) < 4.78 is 5.54. The lowest BCUT2D eigenvalue weighted by molar-refractivity contribution is -0.0232. The molecule has 1 rings (SSSR count). The lowest BCUT2D eigenvalue weighted by Gasteiger charge is -2.32. The van der Waals surface area contributed by atoms with Gasteiger partial charge in [-0.3, -0.25) is 4.90 Å². The average molecular weight is 203 g/mol. The highest BCUT2D eigenvalue weighted by Gasteiger charge is 2.18. The minimum absolute atomic E-state index is 0.218. The third-order valence-corrected chi connectivity index (χ3v) is 2.32. The molecule has 1 aliphatic heterocycles. The van der Waals surface area contributed by atoms with Crippen LogP contribution in [0, 0.1) is 0 Å². The second kappa shape index (κ2) is 5.36. The largest absolute Gasteiger partial charge is 0.376 e. The van der Waals surface area contributed by atoms with Crippen LogP contribution in [0.25, 0.3) is 0 Å². The normalized spacial score (nSPS) is 24.2. The van der Waals surface area contributed by atoms with Crippen LogP contribution in [0.3, 0.4) is 0 Å². The van der Waals surface area contributed by atoms with E-state index in [0.717, 1.165) is 26.2 Å². The van der Waals surface area contributed by atoms with Gasteiger partial charge in [-0.15, -0.1) is 0 Å². The highest BCUT2D eigenvalue weighted by molar-refractivity contribution is 7.80. The monoisotopic (exact) mass is 203 g/mol. The molecule has 1 heterocycles. The number of morpholine rings is 1. The van der Waals surface area contributed by atoms with Crippen molar-refractivity contribution in [3.63, 3.8) is 0 Å². The fourth-order valence-corrected chi connectivity index (χ4v) is 1.49. The van der Waals surface area contributed by atoms with Crippen LogP contribution in [0.1, 0.15) is 6.92 Å². The summed E-state index contributed by atoms with van der Waals surface area (Å²) in [6.07, 6.45) is 0.218. The van der Waals surface area contributed by atoms with E-state index in [9.17, 15) is 0 Å². The SMILES string of the molecule is CCN1CCOC(CNC(N)=S)C1. The van der Waals surface area contributed by atoms with Crippen molar-refractivity contribution in [2.24, 2.45) is 5.73 Å². The number of rotatable bonds is 3. The van der Waals surface area contributed by atoms with E-state index in [-0.39, 0.29) is 6.10 Å². The Hall–Kier alpha value is -0.390. The zero-order valence-electron chi connectivity index (χ0n) is 7.95. The molecule has 3 N–H and O–H groups in total. The van der Waals surface area contributed by atoms with E-state index in [1.165, 1.54) is 0 Å². The summed E-state index contributed by atoms with van der Waals surface area (Å²) in [7, 11) is 0. The van der Waals surface area contributed by atoms with Gasteiger partial charge in [0, 0.05) is 19.6 Å². The van der Waals surface area contributed by atoms with Gasteiger partial charge < -0.3 is 15.8 Å². The molecule has 0 saturated carbocycles. The van der Waals surface area contributed by atoms with Crippen molar-refractivity contribution < 1.29 is 4.74 Å². The fourth-order valence-electron chi connectivity index (χ4n) is 1.41. The molecule has 76 valence electrons. The number of nitrogens with two attached hydrogens (primary N) is 1. The molecule has 0 bridgehead atoms. The number of nitrogens with zero attached hydrogens (tertiary/aromatic N) is 1. The molecule has 0 aromatic rings. The Kier molecular flexibility index (Phi) is 4.41. The van der Waals surface area contributed by atoms with E-state index in [4.69, 9.17) is 22.7 Å². The fraction of sp³-hybridized carbons (Fsp3) is 0.875. The third kappa shape index (κ3) is 3.89. The van der Waals surface area contributed by atoms with E-state index in [1.54, 1.807) is 0 Å². The van der Waals surface area contributed by atoms with E-state index in [1.807, 2.05) is 0 Å². The molecule has 1 atom stereocenters. The van der Waals surface area contributed by atoms with Gasteiger partial charge in [-0.05, 0) is 18.8 Å². The molecule has 13 heavy (non-hydrogen) atoms. The molecule has 0 aliphatic carbocycles. The van der Waals surface area contributed by atoms with E-state index >= 15 is 0 Å². The Morgan fingerprint density at radius 3 is 3.15 bits per heavy atom. The molecule has 1 fully saturated rings. The first kappa shape index (κ1) is 10.7. The van der Waals surface area contributed by atoms with Crippen LogP contribution in [0.15, 0.2) is 0 Å². The summed E-state index contributed by atoms with van der Waals surface area (Å²) in [5, 5.41) is 3.26. The summed E-state index contributed by atoms with van der Waals surface area (Å²) in [6, 6.07) is 0. The highest BCUT2D eigenvalue weighted by atomic mass is 32.1. The maximum atomic E-state index is 5.54. The van der Waals surface area contributed by atoms with Gasteiger partial charge in [0.2, 0.25) is 0 Å². The summed E-state index contributed by atoms with van der Waals surface area (Å²) in [6.45, 7) is 6.74. The molecule has 0 spiro atoms. The van der Waals surface area contributed by atoms with Crippen molar-refractivity contribution in [1.29, 1.82) is 0 Å². The van der Waals surface area contributed by atoms with Crippen LogP contribution in [-0.4, -0.2) is 48.9 Å². The standard InChI is InChI=1S/C8H17N3OS/c1-2-11-3-4-12-7(6-11)5-10-8(9)13/h7H,2-6H2,1H3,(H3,9,10,13). The van der Waals surface area contributed by atoms with E-state index in [2.05, 4.69) is 17.1 Å². The molecule has 1 unspecified atom stereocenters. The molecule has 0 aromatic heterocycles. The smallest absolute Gasteiger partial charge is 0.163 e. The van der Waals surface area contributed by atoms with Crippen LogP contribution in [0.2, 0.25) is 0 Å². The highest BCUT2D eigenvalue weighted by Crippen LogP contribution is 2.03. The molecule has 0 aromatic carbocycles. The van der Waals surface area contributed by atoms with Gasteiger partial charge in [-0.2, -0.15) is 0 Å². The Bertz CT molecular complexity index is 177. The number of likely N-dealkylation sites (N-methyl/N-ethyl adjacent to an activating group) is 1. The van der Waals surface area contributed by atoms with Crippen molar-refractivity contribution in [2.75, 3.05) is 32.8 Å².